The van der Waals surface area contributed by atoms with Gasteiger partial charge in [0, 0.05) is 18.8 Å². The van der Waals surface area contributed by atoms with Gasteiger partial charge in [0.25, 0.3) is 0 Å². The van der Waals surface area contributed by atoms with Crippen LogP contribution in [0.25, 0.3) is 0 Å². The first kappa shape index (κ1) is 17.9. The third-order valence-corrected chi connectivity index (χ3v) is 3.32. The van der Waals surface area contributed by atoms with Crippen LogP contribution in [0, 0.1) is 5.41 Å². The van der Waals surface area contributed by atoms with E-state index in [2.05, 4.69) is 10.6 Å². The molecule has 19 heavy (non-hydrogen) atoms. The first-order chi connectivity index (χ1) is 8.60. The third-order valence-electron chi connectivity index (χ3n) is 2.59. The largest absolute Gasteiger partial charge is 0.481 e. The van der Waals surface area contributed by atoms with E-state index < -0.39 is 22.9 Å². The van der Waals surface area contributed by atoms with Gasteiger partial charge in [0.15, 0.2) is 0 Å². The molecule has 0 heterocycles. The van der Waals surface area contributed by atoms with Gasteiger partial charge in [0.05, 0.1) is 5.41 Å². The van der Waals surface area contributed by atoms with E-state index in [1.165, 1.54) is 6.92 Å². The lowest BCUT2D eigenvalue weighted by Crippen LogP contribution is -2.45. The van der Waals surface area contributed by atoms with Crippen molar-refractivity contribution in [1.82, 2.24) is 10.6 Å². The second kappa shape index (κ2) is 7.46. The van der Waals surface area contributed by atoms with E-state index in [0.717, 1.165) is 0 Å². The number of carbonyl (C=O) groups excluding carboxylic acids is 1. The zero-order valence-electron chi connectivity index (χ0n) is 10.6. The molecule has 0 saturated carbocycles. The summed E-state index contributed by atoms with van der Waals surface area (Å²) in [5.74, 6) is -1.33. The van der Waals surface area contributed by atoms with E-state index in [1.807, 2.05) is 0 Å². The van der Waals surface area contributed by atoms with Crippen LogP contribution in [0.2, 0.25) is 0 Å². The van der Waals surface area contributed by atoms with Crippen molar-refractivity contribution in [1.29, 1.82) is 0 Å². The lowest BCUT2D eigenvalue weighted by molar-refractivity contribution is -0.147. The Labute approximate surface area is 113 Å². The Bertz CT molecular complexity index is 326. The highest BCUT2D eigenvalue weighted by molar-refractivity contribution is 8.00. The van der Waals surface area contributed by atoms with Gasteiger partial charge in [-0.3, -0.25) is 4.79 Å². The van der Waals surface area contributed by atoms with Gasteiger partial charge in [-0.15, -0.1) is 0 Å². The van der Waals surface area contributed by atoms with E-state index in [0.29, 0.717) is 6.42 Å². The number of carboxylic acids is 1. The average Bonchev–Trinajstić information content (AvgIpc) is 2.30. The van der Waals surface area contributed by atoms with Crippen molar-refractivity contribution in [3.05, 3.63) is 0 Å². The molecule has 0 aliphatic rings. The van der Waals surface area contributed by atoms with Crippen LogP contribution >= 0.6 is 11.8 Å². The maximum Gasteiger partial charge on any atom is 0.441 e. The summed E-state index contributed by atoms with van der Waals surface area (Å²) in [5, 5.41) is 13.5. The normalized spacial score (nSPS) is 14.6. The predicted molar refractivity (Wildman–Crippen MR) is 65.9 cm³/mol. The second-order valence-electron chi connectivity index (χ2n) is 4.12. The summed E-state index contributed by atoms with van der Waals surface area (Å²) in [4.78, 5) is 22.2. The maximum atomic E-state index is 11.8. The number of halogens is 3. The Morgan fingerprint density at radius 3 is 2.26 bits per heavy atom. The molecule has 0 aromatic rings. The van der Waals surface area contributed by atoms with Crippen LogP contribution in [0.4, 0.5) is 18.0 Å². The Balaban J connectivity index is 3.91. The number of alkyl halides is 3. The molecule has 0 fully saturated rings. The van der Waals surface area contributed by atoms with Crippen LogP contribution in [-0.4, -0.2) is 41.5 Å². The molecule has 1 atom stereocenters. The first-order valence-corrected chi connectivity index (χ1v) is 6.55. The van der Waals surface area contributed by atoms with E-state index in [9.17, 15) is 22.8 Å². The molecular formula is C10H17F3N2O3S. The van der Waals surface area contributed by atoms with Gasteiger partial charge in [-0.2, -0.15) is 13.2 Å². The fraction of sp³-hybridized carbons (Fsp3) is 0.800. The summed E-state index contributed by atoms with van der Waals surface area (Å²) >= 11 is -0.228. The van der Waals surface area contributed by atoms with E-state index in [-0.39, 0.29) is 30.6 Å². The van der Waals surface area contributed by atoms with Gasteiger partial charge in [0.1, 0.15) is 0 Å². The van der Waals surface area contributed by atoms with Crippen LogP contribution in [0.5, 0.6) is 0 Å². The van der Waals surface area contributed by atoms with Crippen molar-refractivity contribution < 1.29 is 27.9 Å². The Morgan fingerprint density at radius 1 is 1.26 bits per heavy atom. The third kappa shape index (κ3) is 7.81. The molecule has 0 aliphatic heterocycles. The average molecular weight is 302 g/mol. The van der Waals surface area contributed by atoms with Gasteiger partial charge in [0.2, 0.25) is 0 Å². The number of urea groups is 1. The van der Waals surface area contributed by atoms with Gasteiger partial charge in [-0.1, -0.05) is 6.92 Å². The highest BCUT2D eigenvalue weighted by Gasteiger charge is 2.31. The summed E-state index contributed by atoms with van der Waals surface area (Å²) in [6.45, 7) is 2.92. The van der Waals surface area contributed by atoms with E-state index >= 15 is 0 Å². The monoisotopic (exact) mass is 302 g/mol. The van der Waals surface area contributed by atoms with Crippen LogP contribution in [0.15, 0.2) is 0 Å². The molecule has 1 unspecified atom stereocenters. The number of rotatable bonds is 7. The summed E-state index contributed by atoms with van der Waals surface area (Å²) < 4.78 is 35.4. The standard InChI is InChI=1S/C10H17F3N2O3S/c1-3-9(2,7(16)17)6-15-8(18)14-4-5-19-10(11,12)13/h3-6H2,1-2H3,(H,16,17)(H2,14,15,18). The molecule has 0 aliphatic carbocycles. The maximum absolute atomic E-state index is 11.8. The minimum atomic E-state index is -4.32. The Morgan fingerprint density at radius 2 is 1.84 bits per heavy atom. The molecular weight excluding hydrogens is 285 g/mol. The van der Waals surface area contributed by atoms with Crippen LogP contribution < -0.4 is 10.6 Å². The van der Waals surface area contributed by atoms with Crippen molar-refractivity contribution in [2.24, 2.45) is 5.41 Å². The predicted octanol–water partition coefficient (Wildman–Crippen LogP) is 2.04. The minimum Gasteiger partial charge on any atom is -0.481 e. The van der Waals surface area contributed by atoms with Gasteiger partial charge in [-0.05, 0) is 25.1 Å². The highest BCUT2D eigenvalue weighted by atomic mass is 32.2. The zero-order valence-corrected chi connectivity index (χ0v) is 11.5. The molecule has 0 rings (SSSR count). The number of hydrogen-bond donors (Lipinski definition) is 3. The van der Waals surface area contributed by atoms with Crippen molar-refractivity contribution in [3.8, 4) is 0 Å². The Hall–Kier alpha value is -1.12. The van der Waals surface area contributed by atoms with Crippen LogP contribution in [0.1, 0.15) is 20.3 Å². The fourth-order valence-electron chi connectivity index (χ4n) is 1.02. The van der Waals surface area contributed by atoms with Crippen molar-refractivity contribution in [2.45, 2.75) is 25.8 Å². The lowest BCUT2D eigenvalue weighted by atomic mass is 9.88. The molecule has 0 bridgehead atoms. The van der Waals surface area contributed by atoms with Gasteiger partial charge >= 0.3 is 17.5 Å². The van der Waals surface area contributed by atoms with Crippen LogP contribution in [0.3, 0.4) is 0 Å². The summed E-state index contributed by atoms with van der Waals surface area (Å²) in [5.41, 5.74) is -5.40. The zero-order chi connectivity index (χ0) is 15.1. The molecule has 0 spiro atoms. The molecule has 2 amide bonds. The van der Waals surface area contributed by atoms with E-state index in [4.69, 9.17) is 5.11 Å². The number of hydrogen-bond acceptors (Lipinski definition) is 3. The molecule has 0 aromatic heterocycles. The van der Waals surface area contributed by atoms with Gasteiger partial charge in [-0.25, -0.2) is 4.79 Å². The van der Waals surface area contributed by atoms with E-state index in [1.54, 1.807) is 6.92 Å². The number of amides is 2. The summed E-state index contributed by atoms with van der Waals surface area (Å²) in [6.07, 6.45) is 0.326. The molecule has 112 valence electrons. The van der Waals surface area contributed by atoms with Crippen molar-refractivity contribution in [2.75, 3.05) is 18.8 Å². The molecule has 3 N–H and O–H groups in total. The number of carboxylic acid groups (broad SMARTS) is 1. The number of thioether (sulfide) groups is 1. The fourth-order valence-corrected chi connectivity index (χ4v) is 1.46. The highest BCUT2D eigenvalue weighted by Crippen LogP contribution is 2.29. The molecule has 9 heteroatoms. The first-order valence-electron chi connectivity index (χ1n) is 5.56. The summed E-state index contributed by atoms with van der Waals surface area (Å²) in [6, 6.07) is -0.677. The smallest absolute Gasteiger partial charge is 0.441 e. The Kier molecular flexibility index (Phi) is 7.02. The summed E-state index contributed by atoms with van der Waals surface area (Å²) in [7, 11) is 0. The topological polar surface area (TPSA) is 78.4 Å². The number of carbonyl (C=O) groups is 2. The SMILES string of the molecule is CCC(C)(CNC(=O)NCCSC(F)(F)F)C(=O)O. The lowest BCUT2D eigenvalue weighted by Gasteiger charge is -2.23. The molecule has 5 nitrogen and oxygen atoms in total. The van der Waals surface area contributed by atoms with Gasteiger partial charge < -0.3 is 15.7 Å². The number of nitrogens with one attached hydrogen (secondary N) is 2. The second-order valence-corrected chi connectivity index (χ2v) is 5.28. The molecule has 0 saturated heterocycles. The molecule has 0 radical (unpaired) electrons. The van der Waals surface area contributed by atoms with Crippen LogP contribution in [-0.2, 0) is 4.79 Å². The number of aliphatic carboxylic acids is 1. The quantitative estimate of drug-likeness (QED) is 0.629. The van der Waals surface area contributed by atoms with Crippen molar-refractivity contribution >= 4 is 23.8 Å². The molecule has 0 aromatic carbocycles. The van der Waals surface area contributed by atoms with Crippen molar-refractivity contribution in [3.63, 3.8) is 0 Å². The minimum absolute atomic E-state index is 0.0862.